The lowest BCUT2D eigenvalue weighted by Gasteiger charge is -2.29. The second-order valence-corrected chi connectivity index (χ2v) is 4.38. The molecule has 2 bridgehead atoms. The topological polar surface area (TPSA) is 37.3 Å². The highest BCUT2D eigenvalue weighted by Crippen LogP contribution is 2.44. The first-order chi connectivity index (χ1) is 5.68. The van der Waals surface area contributed by atoms with E-state index in [1.165, 1.54) is 12.8 Å². The van der Waals surface area contributed by atoms with Gasteiger partial charge in [0.05, 0.1) is 6.10 Å². The fraction of sp³-hybridized carbons (Fsp3) is 0.900. The fourth-order valence-electron chi connectivity index (χ4n) is 2.97. The molecule has 1 N–H and O–H groups in total. The van der Waals surface area contributed by atoms with Gasteiger partial charge in [-0.3, -0.25) is 4.79 Å². The van der Waals surface area contributed by atoms with Crippen LogP contribution in [0.5, 0.6) is 0 Å². The number of ketones is 1. The summed E-state index contributed by atoms with van der Waals surface area (Å²) in [6, 6.07) is 0. The molecule has 2 aliphatic rings. The van der Waals surface area contributed by atoms with Gasteiger partial charge in [0.25, 0.3) is 0 Å². The minimum Gasteiger partial charge on any atom is -0.393 e. The highest BCUT2D eigenvalue weighted by molar-refractivity contribution is 5.83. The lowest BCUT2D eigenvalue weighted by molar-refractivity contribution is -0.131. The highest BCUT2D eigenvalue weighted by Gasteiger charge is 2.42. The molecule has 12 heavy (non-hydrogen) atoms. The molecule has 4 atom stereocenters. The normalized spacial score (nSPS) is 43.2. The lowest BCUT2D eigenvalue weighted by atomic mass is 9.76. The Morgan fingerprint density at radius 2 is 2.25 bits per heavy atom. The van der Waals surface area contributed by atoms with Gasteiger partial charge in [-0.15, -0.1) is 0 Å². The first kappa shape index (κ1) is 8.24. The number of carbonyl (C=O) groups is 1. The average molecular weight is 168 g/mol. The van der Waals surface area contributed by atoms with Gasteiger partial charge in [0, 0.05) is 12.3 Å². The Kier molecular flexibility index (Phi) is 1.95. The Hall–Kier alpha value is -0.370. The number of aliphatic hydroxyl groups is 1. The minimum atomic E-state index is -0.429. The largest absolute Gasteiger partial charge is 0.393 e. The number of hydrogen-bond acceptors (Lipinski definition) is 2. The molecule has 3 unspecified atom stereocenters. The Labute approximate surface area is 73.0 Å². The minimum absolute atomic E-state index is 0.0382. The van der Waals surface area contributed by atoms with E-state index in [0.717, 1.165) is 12.8 Å². The SMILES string of the molecule is C[C@@H](O)C1C(=O)CC2CCC1C2. The highest BCUT2D eigenvalue weighted by atomic mass is 16.3. The van der Waals surface area contributed by atoms with Crippen LogP contribution in [0.2, 0.25) is 0 Å². The fourth-order valence-corrected chi connectivity index (χ4v) is 2.97. The molecule has 0 heterocycles. The van der Waals surface area contributed by atoms with Crippen molar-refractivity contribution in [2.24, 2.45) is 17.8 Å². The van der Waals surface area contributed by atoms with Gasteiger partial charge in [-0.1, -0.05) is 0 Å². The van der Waals surface area contributed by atoms with E-state index in [1.807, 2.05) is 0 Å². The lowest BCUT2D eigenvalue weighted by Crippen LogP contribution is -2.35. The molecule has 2 aliphatic carbocycles. The second kappa shape index (κ2) is 2.84. The van der Waals surface area contributed by atoms with E-state index in [2.05, 4.69) is 0 Å². The van der Waals surface area contributed by atoms with Crippen LogP contribution in [0.1, 0.15) is 32.6 Å². The van der Waals surface area contributed by atoms with E-state index in [0.29, 0.717) is 17.6 Å². The van der Waals surface area contributed by atoms with Crippen molar-refractivity contribution in [1.82, 2.24) is 0 Å². The molecule has 0 aliphatic heterocycles. The van der Waals surface area contributed by atoms with Crippen LogP contribution in [-0.4, -0.2) is 17.0 Å². The number of carbonyl (C=O) groups excluding carboxylic acids is 1. The molecule has 0 aromatic rings. The van der Waals surface area contributed by atoms with Crippen LogP contribution >= 0.6 is 0 Å². The van der Waals surface area contributed by atoms with E-state index in [1.54, 1.807) is 6.92 Å². The maximum atomic E-state index is 11.5. The van der Waals surface area contributed by atoms with Gasteiger partial charge in [-0.2, -0.15) is 0 Å². The van der Waals surface area contributed by atoms with E-state index >= 15 is 0 Å². The van der Waals surface area contributed by atoms with Crippen molar-refractivity contribution in [2.45, 2.75) is 38.7 Å². The number of fused-ring (bicyclic) bond motifs is 2. The Balaban J connectivity index is 2.15. The van der Waals surface area contributed by atoms with Gasteiger partial charge in [-0.05, 0) is 38.0 Å². The van der Waals surface area contributed by atoms with Crippen molar-refractivity contribution in [3.8, 4) is 0 Å². The van der Waals surface area contributed by atoms with Crippen LogP contribution in [-0.2, 0) is 4.79 Å². The number of hydrogen-bond donors (Lipinski definition) is 1. The van der Waals surface area contributed by atoms with Crippen molar-refractivity contribution in [1.29, 1.82) is 0 Å². The van der Waals surface area contributed by atoms with E-state index in [9.17, 15) is 9.90 Å². The predicted octanol–water partition coefficient (Wildman–Crippen LogP) is 1.37. The first-order valence-electron chi connectivity index (χ1n) is 4.89. The van der Waals surface area contributed by atoms with Crippen LogP contribution in [0, 0.1) is 17.8 Å². The summed E-state index contributed by atoms with van der Waals surface area (Å²) in [6.07, 6.45) is 3.85. The Morgan fingerprint density at radius 3 is 2.92 bits per heavy atom. The molecule has 2 heteroatoms. The molecule has 0 aromatic carbocycles. The summed E-state index contributed by atoms with van der Waals surface area (Å²) in [5.41, 5.74) is 0. The number of rotatable bonds is 1. The predicted molar refractivity (Wildman–Crippen MR) is 45.6 cm³/mol. The van der Waals surface area contributed by atoms with E-state index in [-0.39, 0.29) is 5.92 Å². The summed E-state index contributed by atoms with van der Waals surface area (Å²) in [4.78, 5) is 11.5. The molecule has 2 rings (SSSR count). The Morgan fingerprint density at radius 1 is 1.50 bits per heavy atom. The summed E-state index contributed by atoms with van der Waals surface area (Å²) in [6.45, 7) is 1.75. The molecule has 2 nitrogen and oxygen atoms in total. The van der Waals surface area contributed by atoms with Crippen LogP contribution in [0.25, 0.3) is 0 Å². The summed E-state index contributed by atoms with van der Waals surface area (Å²) in [5.74, 6) is 1.42. The molecule has 0 radical (unpaired) electrons. The van der Waals surface area contributed by atoms with Gasteiger partial charge in [0.2, 0.25) is 0 Å². The quantitative estimate of drug-likeness (QED) is 0.642. The molecular weight excluding hydrogens is 152 g/mol. The Bertz CT molecular complexity index is 198. The van der Waals surface area contributed by atoms with Crippen LogP contribution in [0.15, 0.2) is 0 Å². The third-order valence-electron chi connectivity index (χ3n) is 3.47. The summed E-state index contributed by atoms with van der Waals surface area (Å²) in [7, 11) is 0. The van der Waals surface area contributed by atoms with Crippen molar-refractivity contribution in [3.63, 3.8) is 0 Å². The van der Waals surface area contributed by atoms with Crippen LogP contribution in [0.3, 0.4) is 0 Å². The maximum absolute atomic E-state index is 11.5. The van der Waals surface area contributed by atoms with Gasteiger partial charge in [0.1, 0.15) is 5.78 Å². The van der Waals surface area contributed by atoms with Crippen molar-refractivity contribution in [3.05, 3.63) is 0 Å². The zero-order valence-electron chi connectivity index (χ0n) is 7.49. The van der Waals surface area contributed by atoms with E-state index < -0.39 is 6.10 Å². The zero-order valence-corrected chi connectivity index (χ0v) is 7.49. The molecule has 0 saturated heterocycles. The van der Waals surface area contributed by atoms with Gasteiger partial charge >= 0.3 is 0 Å². The first-order valence-corrected chi connectivity index (χ1v) is 4.89. The van der Waals surface area contributed by atoms with Gasteiger partial charge in [0.15, 0.2) is 0 Å². The number of aliphatic hydroxyl groups excluding tert-OH is 1. The molecule has 2 fully saturated rings. The standard InChI is InChI=1S/C10H16O2/c1-6(11)10-8-3-2-7(4-8)5-9(10)12/h6-8,10-11H,2-5H2,1H3/t6-,7?,8?,10?/m1/s1. The number of Topliss-reactive ketones (excluding diaryl/α,β-unsaturated/α-hetero) is 1. The monoisotopic (exact) mass is 168 g/mol. The molecule has 0 aromatic heterocycles. The molecule has 0 spiro atoms. The average Bonchev–Trinajstić information content (AvgIpc) is 2.31. The maximum Gasteiger partial charge on any atom is 0.139 e. The summed E-state index contributed by atoms with van der Waals surface area (Å²) >= 11 is 0. The van der Waals surface area contributed by atoms with Crippen LogP contribution < -0.4 is 0 Å². The third-order valence-corrected chi connectivity index (χ3v) is 3.47. The van der Waals surface area contributed by atoms with Crippen LogP contribution in [0.4, 0.5) is 0 Å². The van der Waals surface area contributed by atoms with Gasteiger partial charge < -0.3 is 5.11 Å². The molecular formula is C10H16O2. The van der Waals surface area contributed by atoms with Gasteiger partial charge in [-0.25, -0.2) is 0 Å². The summed E-state index contributed by atoms with van der Waals surface area (Å²) in [5, 5.41) is 9.45. The smallest absolute Gasteiger partial charge is 0.139 e. The van der Waals surface area contributed by atoms with Crippen molar-refractivity contribution in [2.75, 3.05) is 0 Å². The molecule has 68 valence electrons. The molecule has 0 amide bonds. The molecule has 2 saturated carbocycles. The summed E-state index contributed by atoms with van der Waals surface area (Å²) < 4.78 is 0. The van der Waals surface area contributed by atoms with E-state index in [4.69, 9.17) is 0 Å². The third kappa shape index (κ3) is 1.18. The zero-order chi connectivity index (χ0) is 8.72. The van der Waals surface area contributed by atoms with Crippen molar-refractivity contribution < 1.29 is 9.90 Å². The second-order valence-electron chi connectivity index (χ2n) is 4.38. The van der Waals surface area contributed by atoms with Crippen molar-refractivity contribution >= 4 is 5.78 Å².